The first-order chi connectivity index (χ1) is 15.9. The van der Waals surface area contributed by atoms with Crippen LogP contribution in [0.3, 0.4) is 0 Å². The van der Waals surface area contributed by atoms with Crippen molar-refractivity contribution < 1.29 is 17.7 Å². The molecule has 4 rings (SSSR count). The van der Waals surface area contributed by atoms with Crippen LogP contribution >= 0.6 is 0 Å². The van der Waals surface area contributed by atoms with Gasteiger partial charge in [-0.2, -0.15) is 9.29 Å². The van der Waals surface area contributed by atoms with E-state index in [9.17, 15) is 13.2 Å². The molecule has 2 aliphatic rings. The highest BCUT2D eigenvalue weighted by Gasteiger charge is 2.31. The number of hydrogen-bond acceptors (Lipinski definition) is 6. The number of likely N-dealkylation sites (tertiary alicyclic amines) is 1. The molecule has 2 aromatic rings. The van der Waals surface area contributed by atoms with E-state index < -0.39 is 10.0 Å². The van der Waals surface area contributed by atoms with Gasteiger partial charge in [0.15, 0.2) is 0 Å². The lowest BCUT2D eigenvalue weighted by Gasteiger charge is -2.34. The van der Waals surface area contributed by atoms with Crippen molar-refractivity contribution >= 4 is 15.9 Å². The molecule has 2 fully saturated rings. The maximum absolute atomic E-state index is 12.8. The molecular formula is C24H34N4O4S. The fourth-order valence-electron chi connectivity index (χ4n) is 4.96. The molecule has 8 nitrogen and oxygen atoms in total. The van der Waals surface area contributed by atoms with Gasteiger partial charge in [-0.3, -0.25) is 4.79 Å². The van der Waals surface area contributed by atoms with Crippen LogP contribution < -0.4 is 0 Å². The zero-order valence-corrected chi connectivity index (χ0v) is 20.4. The van der Waals surface area contributed by atoms with Crippen LogP contribution in [0, 0.1) is 5.92 Å². The van der Waals surface area contributed by atoms with E-state index in [2.05, 4.69) is 10.1 Å². The Morgan fingerprint density at radius 1 is 1.03 bits per heavy atom. The molecule has 33 heavy (non-hydrogen) atoms. The van der Waals surface area contributed by atoms with Gasteiger partial charge in [0, 0.05) is 43.6 Å². The molecule has 0 atom stereocenters. The third-order valence-corrected chi connectivity index (χ3v) is 9.07. The van der Waals surface area contributed by atoms with E-state index in [1.165, 1.54) is 23.6 Å². The third-order valence-electron chi connectivity index (χ3n) is 7.01. The van der Waals surface area contributed by atoms with Crippen molar-refractivity contribution in [3.05, 3.63) is 30.2 Å². The smallest absolute Gasteiger partial charge is 0.243 e. The zero-order valence-electron chi connectivity index (χ0n) is 19.6. The summed E-state index contributed by atoms with van der Waals surface area (Å²) in [6, 6.07) is 6.62. The standard InChI is InChI=1S/C24H34N4O4S/c1-3-28(4-2)33(30,31)21-12-10-18(11-13-21)22-25-23(32-26-22)19-14-16-27(17-15-19)24(29)20-8-6-5-7-9-20/h10-13,19-20H,3-9,14-17H2,1-2H3. The van der Waals surface area contributed by atoms with E-state index in [0.29, 0.717) is 36.3 Å². The topological polar surface area (TPSA) is 96.6 Å². The van der Waals surface area contributed by atoms with Crippen molar-refractivity contribution in [2.75, 3.05) is 26.2 Å². The highest BCUT2D eigenvalue weighted by Crippen LogP contribution is 2.31. The van der Waals surface area contributed by atoms with Crippen molar-refractivity contribution in [3.63, 3.8) is 0 Å². The van der Waals surface area contributed by atoms with Crippen LogP contribution in [-0.4, -0.2) is 59.8 Å². The van der Waals surface area contributed by atoms with E-state index >= 15 is 0 Å². The second kappa shape index (κ2) is 10.3. The molecule has 1 saturated carbocycles. The van der Waals surface area contributed by atoms with Crippen molar-refractivity contribution in [2.45, 2.75) is 69.6 Å². The van der Waals surface area contributed by atoms with Crippen molar-refractivity contribution in [3.8, 4) is 11.4 Å². The Labute approximate surface area is 196 Å². The molecule has 0 spiro atoms. The molecule has 0 radical (unpaired) electrons. The maximum atomic E-state index is 12.8. The first-order valence-corrected chi connectivity index (χ1v) is 13.6. The van der Waals surface area contributed by atoms with E-state index in [1.807, 2.05) is 18.7 Å². The summed E-state index contributed by atoms with van der Waals surface area (Å²) < 4.78 is 32.3. The van der Waals surface area contributed by atoms with Gasteiger partial charge in [-0.1, -0.05) is 38.3 Å². The number of piperidine rings is 1. The summed E-state index contributed by atoms with van der Waals surface area (Å²) in [4.78, 5) is 19.6. The molecule has 0 bridgehead atoms. The van der Waals surface area contributed by atoms with E-state index in [0.717, 1.165) is 38.8 Å². The number of sulfonamides is 1. The number of carbonyl (C=O) groups excluding carboxylic acids is 1. The second-order valence-electron chi connectivity index (χ2n) is 9.00. The van der Waals surface area contributed by atoms with Gasteiger partial charge in [-0.15, -0.1) is 0 Å². The molecule has 180 valence electrons. The Balaban J connectivity index is 1.38. The van der Waals surface area contributed by atoms with Crippen LogP contribution in [0.1, 0.15) is 70.6 Å². The monoisotopic (exact) mass is 474 g/mol. The Morgan fingerprint density at radius 2 is 1.67 bits per heavy atom. The van der Waals surface area contributed by atoms with Gasteiger partial charge in [0.1, 0.15) is 0 Å². The van der Waals surface area contributed by atoms with Gasteiger partial charge in [-0.25, -0.2) is 8.42 Å². The summed E-state index contributed by atoms with van der Waals surface area (Å²) in [5.41, 5.74) is 0.716. The average Bonchev–Trinajstić information content (AvgIpc) is 3.35. The van der Waals surface area contributed by atoms with Crippen LogP contribution in [-0.2, 0) is 14.8 Å². The predicted octanol–water partition coefficient (Wildman–Crippen LogP) is 4.05. The maximum Gasteiger partial charge on any atom is 0.243 e. The molecule has 1 aromatic heterocycles. The molecule has 1 saturated heterocycles. The van der Waals surface area contributed by atoms with Gasteiger partial charge in [0.2, 0.25) is 27.6 Å². The molecule has 1 aliphatic carbocycles. The highest BCUT2D eigenvalue weighted by atomic mass is 32.2. The van der Waals surface area contributed by atoms with Gasteiger partial charge in [0.25, 0.3) is 0 Å². The molecule has 1 amide bonds. The highest BCUT2D eigenvalue weighted by molar-refractivity contribution is 7.89. The largest absolute Gasteiger partial charge is 0.342 e. The van der Waals surface area contributed by atoms with Crippen LogP contribution in [0.5, 0.6) is 0 Å². The Hall–Kier alpha value is -2.26. The number of carbonyl (C=O) groups is 1. The van der Waals surface area contributed by atoms with Crippen LogP contribution in [0.4, 0.5) is 0 Å². The van der Waals surface area contributed by atoms with Gasteiger partial charge >= 0.3 is 0 Å². The minimum atomic E-state index is -3.50. The summed E-state index contributed by atoms with van der Waals surface area (Å²) in [7, 11) is -3.50. The molecule has 1 aliphatic heterocycles. The minimum absolute atomic E-state index is 0.143. The van der Waals surface area contributed by atoms with Gasteiger partial charge in [-0.05, 0) is 49.9 Å². The second-order valence-corrected chi connectivity index (χ2v) is 10.9. The number of nitrogens with zero attached hydrogens (tertiary/aromatic N) is 4. The van der Waals surface area contributed by atoms with Crippen molar-refractivity contribution in [2.24, 2.45) is 5.92 Å². The Kier molecular flexibility index (Phi) is 7.48. The molecule has 9 heteroatoms. The number of benzene rings is 1. The molecule has 2 heterocycles. The average molecular weight is 475 g/mol. The SMILES string of the molecule is CCN(CC)S(=O)(=O)c1ccc(-c2noc(C3CCN(C(=O)C4CCCCC4)CC3)n2)cc1. The quantitative estimate of drug-likeness (QED) is 0.601. The van der Waals surface area contributed by atoms with Gasteiger partial charge in [0.05, 0.1) is 4.90 Å². The van der Waals surface area contributed by atoms with Crippen LogP contribution in [0.25, 0.3) is 11.4 Å². The van der Waals surface area contributed by atoms with E-state index in [-0.39, 0.29) is 16.7 Å². The zero-order chi connectivity index (χ0) is 23.4. The summed E-state index contributed by atoms with van der Waals surface area (Å²) in [6.45, 7) is 5.98. The first kappa shape index (κ1) is 23.9. The minimum Gasteiger partial charge on any atom is -0.342 e. The fraction of sp³-hybridized carbons (Fsp3) is 0.625. The number of rotatable bonds is 7. The summed E-state index contributed by atoms with van der Waals surface area (Å²) in [6.07, 6.45) is 7.28. The lowest BCUT2D eigenvalue weighted by atomic mass is 9.87. The number of hydrogen-bond donors (Lipinski definition) is 0. The van der Waals surface area contributed by atoms with E-state index in [1.54, 1.807) is 24.3 Å². The summed E-state index contributed by atoms with van der Waals surface area (Å²) >= 11 is 0. The van der Waals surface area contributed by atoms with Crippen molar-refractivity contribution in [1.82, 2.24) is 19.3 Å². The third kappa shape index (κ3) is 5.14. The lowest BCUT2D eigenvalue weighted by Crippen LogP contribution is -2.41. The molecule has 1 aromatic carbocycles. The lowest BCUT2D eigenvalue weighted by molar-refractivity contribution is -0.137. The van der Waals surface area contributed by atoms with Crippen LogP contribution in [0.2, 0.25) is 0 Å². The van der Waals surface area contributed by atoms with Gasteiger partial charge < -0.3 is 9.42 Å². The fourth-order valence-corrected chi connectivity index (χ4v) is 6.42. The summed E-state index contributed by atoms with van der Waals surface area (Å²) in [5, 5.41) is 4.12. The van der Waals surface area contributed by atoms with E-state index in [4.69, 9.17) is 4.52 Å². The first-order valence-electron chi connectivity index (χ1n) is 12.2. The summed E-state index contributed by atoms with van der Waals surface area (Å²) in [5.74, 6) is 1.72. The Morgan fingerprint density at radius 3 is 2.27 bits per heavy atom. The molecular weight excluding hydrogens is 440 g/mol. The predicted molar refractivity (Wildman–Crippen MR) is 125 cm³/mol. The molecule has 0 unspecified atom stereocenters. The van der Waals surface area contributed by atoms with Crippen LogP contribution in [0.15, 0.2) is 33.7 Å². The Bertz CT molecular complexity index is 1030. The normalized spacial score (nSPS) is 18.7. The number of aromatic nitrogens is 2. The van der Waals surface area contributed by atoms with Crippen molar-refractivity contribution in [1.29, 1.82) is 0 Å². The number of amides is 1. The molecule has 0 N–H and O–H groups in total.